The number of ether oxygens (including phenoxy) is 1. The molecule has 0 amide bonds. The molecule has 0 fully saturated rings. The molecule has 0 saturated heterocycles. The van der Waals surface area contributed by atoms with Gasteiger partial charge in [0.05, 0.1) is 31.0 Å². The highest BCUT2D eigenvalue weighted by Crippen LogP contribution is 2.34. The molecule has 0 bridgehead atoms. The van der Waals surface area contributed by atoms with Crippen molar-refractivity contribution >= 4 is 17.6 Å². The molecule has 0 spiro atoms. The lowest BCUT2D eigenvalue weighted by molar-refractivity contribution is -0.136. The highest BCUT2D eigenvalue weighted by Gasteiger charge is 2.17. The predicted octanol–water partition coefficient (Wildman–Crippen LogP) is 6.72. The first-order valence-corrected chi connectivity index (χ1v) is 11.8. The predicted molar refractivity (Wildman–Crippen MR) is 135 cm³/mol. The van der Waals surface area contributed by atoms with E-state index in [0.717, 1.165) is 40.9 Å². The Bertz CT molecular complexity index is 1250. The molecule has 4 aromatic rings. The van der Waals surface area contributed by atoms with Gasteiger partial charge in [-0.15, -0.1) is 0 Å². The molecule has 0 atom stereocenters. The van der Waals surface area contributed by atoms with E-state index in [9.17, 15) is 9.90 Å². The smallest absolute Gasteiger partial charge is 0.307 e. The number of halogens is 1. The molecule has 0 aliphatic carbocycles. The van der Waals surface area contributed by atoms with Crippen LogP contribution in [0.15, 0.2) is 78.9 Å². The zero-order valence-electron chi connectivity index (χ0n) is 19.1. The van der Waals surface area contributed by atoms with Gasteiger partial charge in [0.1, 0.15) is 5.75 Å². The van der Waals surface area contributed by atoms with Crippen LogP contribution in [0.25, 0.3) is 22.5 Å². The first-order valence-electron chi connectivity index (χ1n) is 11.4. The molecular weight excluding hydrogens is 448 g/mol. The minimum absolute atomic E-state index is 0.0585. The van der Waals surface area contributed by atoms with Crippen molar-refractivity contribution in [2.24, 2.45) is 0 Å². The zero-order chi connectivity index (χ0) is 23.9. The van der Waals surface area contributed by atoms with E-state index in [0.29, 0.717) is 29.5 Å². The summed E-state index contributed by atoms with van der Waals surface area (Å²) in [6, 6.07) is 25.4. The second-order valence-corrected chi connectivity index (χ2v) is 8.60. The number of aromatic nitrogens is 2. The summed E-state index contributed by atoms with van der Waals surface area (Å²) in [6.45, 7) is 3.31. The number of unbranched alkanes of at least 4 members (excludes halogenated alkanes) is 1. The summed E-state index contributed by atoms with van der Waals surface area (Å²) >= 11 is 6.12. The monoisotopic (exact) mass is 474 g/mol. The maximum atomic E-state index is 11.3. The third kappa shape index (κ3) is 5.86. The van der Waals surface area contributed by atoms with E-state index in [2.05, 4.69) is 19.1 Å². The van der Waals surface area contributed by atoms with Gasteiger partial charge in [0.15, 0.2) is 0 Å². The van der Waals surface area contributed by atoms with Crippen molar-refractivity contribution in [3.8, 4) is 28.3 Å². The van der Waals surface area contributed by atoms with E-state index in [-0.39, 0.29) is 6.42 Å². The second kappa shape index (κ2) is 11.0. The molecule has 0 unspecified atom stereocenters. The highest BCUT2D eigenvalue weighted by atomic mass is 35.5. The second-order valence-electron chi connectivity index (χ2n) is 8.17. The van der Waals surface area contributed by atoms with Gasteiger partial charge in [-0.05, 0) is 53.4 Å². The van der Waals surface area contributed by atoms with Crippen molar-refractivity contribution in [3.05, 3.63) is 95.0 Å². The molecule has 1 aromatic heterocycles. The van der Waals surface area contributed by atoms with Gasteiger partial charge >= 0.3 is 5.97 Å². The summed E-state index contributed by atoms with van der Waals surface area (Å²) in [6.07, 6.45) is 1.91. The number of nitrogens with zero attached hydrogens (tertiary/aromatic N) is 2. The molecule has 5 nitrogen and oxygen atoms in total. The number of carboxylic acid groups (broad SMARTS) is 1. The fourth-order valence-electron chi connectivity index (χ4n) is 3.79. The van der Waals surface area contributed by atoms with Crippen LogP contribution >= 0.6 is 11.6 Å². The van der Waals surface area contributed by atoms with Crippen LogP contribution in [0.1, 0.15) is 30.9 Å². The molecular formula is C28H27ClN2O3. The number of rotatable bonds is 10. The van der Waals surface area contributed by atoms with Crippen molar-refractivity contribution in [2.75, 3.05) is 6.61 Å². The Balaban J connectivity index is 1.80. The summed E-state index contributed by atoms with van der Waals surface area (Å²) < 4.78 is 8.03. The average molecular weight is 475 g/mol. The SMILES string of the molecule is CCCCOc1ccc(CC(=O)O)cc1-c1cc(-c2ccc(Cl)cc2)n(Cc2ccccc2)n1. The van der Waals surface area contributed by atoms with Crippen LogP contribution in [0.3, 0.4) is 0 Å². The third-order valence-corrected chi connectivity index (χ3v) is 5.78. The lowest BCUT2D eigenvalue weighted by Crippen LogP contribution is -2.05. The Morgan fingerprint density at radius 3 is 2.47 bits per heavy atom. The molecule has 0 radical (unpaired) electrons. The van der Waals surface area contributed by atoms with Crippen LogP contribution in [-0.2, 0) is 17.8 Å². The first kappa shape index (κ1) is 23.6. The lowest BCUT2D eigenvalue weighted by Gasteiger charge is -2.11. The number of hydrogen-bond acceptors (Lipinski definition) is 3. The van der Waals surface area contributed by atoms with Crippen molar-refractivity contribution in [1.29, 1.82) is 0 Å². The summed E-state index contributed by atoms with van der Waals surface area (Å²) in [5, 5.41) is 14.9. The summed E-state index contributed by atoms with van der Waals surface area (Å²) in [5.74, 6) is -0.170. The zero-order valence-corrected chi connectivity index (χ0v) is 19.8. The Kier molecular flexibility index (Phi) is 7.65. The molecule has 3 aromatic carbocycles. The van der Waals surface area contributed by atoms with Crippen LogP contribution in [0.5, 0.6) is 5.75 Å². The molecule has 6 heteroatoms. The van der Waals surface area contributed by atoms with Gasteiger partial charge in [0, 0.05) is 10.6 Å². The third-order valence-electron chi connectivity index (χ3n) is 5.53. The Morgan fingerprint density at radius 1 is 1.00 bits per heavy atom. The minimum atomic E-state index is -0.873. The fourth-order valence-corrected chi connectivity index (χ4v) is 3.92. The number of benzene rings is 3. The van der Waals surface area contributed by atoms with Gasteiger partial charge in [-0.2, -0.15) is 5.10 Å². The fraction of sp³-hybridized carbons (Fsp3) is 0.214. The molecule has 0 saturated carbocycles. The molecule has 34 heavy (non-hydrogen) atoms. The summed E-state index contributed by atoms with van der Waals surface area (Å²) in [5.41, 5.74) is 5.30. The first-order chi connectivity index (χ1) is 16.5. The molecule has 174 valence electrons. The summed E-state index contributed by atoms with van der Waals surface area (Å²) in [4.78, 5) is 11.3. The number of hydrogen-bond donors (Lipinski definition) is 1. The molecule has 0 aliphatic heterocycles. The van der Waals surface area contributed by atoms with Crippen molar-refractivity contribution in [1.82, 2.24) is 9.78 Å². The standard InChI is InChI=1S/C28H27ClN2O3/c1-2-3-15-34-27-14-9-21(17-28(32)33)16-24(27)25-18-26(22-10-12-23(29)13-11-22)31(30-25)19-20-7-5-4-6-8-20/h4-14,16,18H,2-3,15,17,19H2,1H3,(H,32,33). The normalized spacial score (nSPS) is 10.9. The number of aliphatic carboxylic acids is 1. The molecule has 1 N–H and O–H groups in total. The van der Waals surface area contributed by atoms with Gasteiger partial charge in [-0.25, -0.2) is 0 Å². The topological polar surface area (TPSA) is 64.3 Å². The number of carboxylic acids is 1. The van der Waals surface area contributed by atoms with E-state index in [1.165, 1.54) is 0 Å². The van der Waals surface area contributed by atoms with Crippen LogP contribution < -0.4 is 4.74 Å². The lowest BCUT2D eigenvalue weighted by atomic mass is 10.0. The average Bonchev–Trinajstić information content (AvgIpc) is 3.24. The van der Waals surface area contributed by atoms with Crippen molar-refractivity contribution in [3.63, 3.8) is 0 Å². The maximum absolute atomic E-state index is 11.3. The Hall–Kier alpha value is -3.57. The quantitative estimate of drug-likeness (QED) is 0.259. The van der Waals surface area contributed by atoms with Gasteiger partial charge in [0.25, 0.3) is 0 Å². The van der Waals surface area contributed by atoms with Crippen LogP contribution in [-0.4, -0.2) is 27.5 Å². The van der Waals surface area contributed by atoms with E-state index >= 15 is 0 Å². The van der Waals surface area contributed by atoms with Crippen LogP contribution in [0.4, 0.5) is 0 Å². The summed E-state index contributed by atoms with van der Waals surface area (Å²) in [7, 11) is 0. The van der Waals surface area contributed by atoms with Gasteiger partial charge in [-0.1, -0.05) is 73.5 Å². The molecule has 1 heterocycles. The van der Waals surface area contributed by atoms with E-state index in [1.807, 2.05) is 65.3 Å². The van der Waals surface area contributed by atoms with Gasteiger partial charge < -0.3 is 9.84 Å². The van der Waals surface area contributed by atoms with Gasteiger partial charge in [-0.3, -0.25) is 9.48 Å². The Morgan fingerprint density at radius 2 is 1.76 bits per heavy atom. The Labute approximate surface area is 204 Å². The largest absolute Gasteiger partial charge is 0.493 e. The molecule has 0 aliphatic rings. The maximum Gasteiger partial charge on any atom is 0.307 e. The van der Waals surface area contributed by atoms with Crippen molar-refractivity contribution in [2.45, 2.75) is 32.7 Å². The van der Waals surface area contributed by atoms with Gasteiger partial charge in [0.2, 0.25) is 0 Å². The van der Waals surface area contributed by atoms with E-state index in [1.54, 1.807) is 6.07 Å². The minimum Gasteiger partial charge on any atom is -0.493 e. The van der Waals surface area contributed by atoms with Crippen LogP contribution in [0.2, 0.25) is 5.02 Å². The molecule has 4 rings (SSSR count). The van der Waals surface area contributed by atoms with Crippen LogP contribution in [0, 0.1) is 0 Å². The van der Waals surface area contributed by atoms with E-state index < -0.39 is 5.97 Å². The van der Waals surface area contributed by atoms with E-state index in [4.69, 9.17) is 21.4 Å². The van der Waals surface area contributed by atoms with Crippen molar-refractivity contribution < 1.29 is 14.6 Å². The highest BCUT2D eigenvalue weighted by molar-refractivity contribution is 6.30. The number of carbonyl (C=O) groups is 1.